The van der Waals surface area contributed by atoms with Crippen molar-refractivity contribution < 1.29 is 4.74 Å². The van der Waals surface area contributed by atoms with Gasteiger partial charge in [0.25, 0.3) is 0 Å². The van der Waals surface area contributed by atoms with E-state index < -0.39 is 0 Å². The van der Waals surface area contributed by atoms with Crippen molar-refractivity contribution in [3.05, 3.63) is 35.4 Å². The molecule has 1 saturated heterocycles. The van der Waals surface area contributed by atoms with Gasteiger partial charge in [-0.1, -0.05) is 31.4 Å². The Hall–Kier alpha value is -2.72. The molecule has 2 aromatic rings. The second-order valence-electron chi connectivity index (χ2n) is 8.02. The smallest absolute Gasteiger partial charge is 0.165 e. The van der Waals surface area contributed by atoms with Crippen molar-refractivity contribution in [2.24, 2.45) is 7.05 Å². The van der Waals surface area contributed by atoms with Crippen molar-refractivity contribution in [1.82, 2.24) is 14.7 Å². The molecule has 30 heavy (non-hydrogen) atoms. The lowest BCUT2D eigenvalue weighted by Gasteiger charge is -2.26. The number of nitrogens with two attached hydrogens (primary N) is 1. The number of ether oxygens (including phenoxy) is 1. The van der Waals surface area contributed by atoms with Gasteiger partial charge < -0.3 is 15.8 Å². The first-order valence-electron chi connectivity index (χ1n) is 11.1. The van der Waals surface area contributed by atoms with Gasteiger partial charge >= 0.3 is 0 Å². The van der Waals surface area contributed by atoms with E-state index in [0.717, 1.165) is 51.1 Å². The Morgan fingerprint density at radius 2 is 1.97 bits per heavy atom. The third-order valence-corrected chi connectivity index (χ3v) is 5.57. The van der Waals surface area contributed by atoms with Crippen molar-refractivity contribution in [2.45, 2.75) is 51.5 Å². The molecule has 0 atom stereocenters. The first-order valence-corrected chi connectivity index (χ1v) is 11.1. The number of aryl methyl sites for hydroxylation is 1. The van der Waals surface area contributed by atoms with Gasteiger partial charge in [0, 0.05) is 20.1 Å². The largest absolute Gasteiger partial charge is 0.494 e. The number of nitrogens with zero attached hydrogens (tertiary/aromatic N) is 4. The summed E-state index contributed by atoms with van der Waals surface area (Å²) < 4.78 is 7.59. The highest BCUT2D eigenvalue weighted by Crippen LogP contribution is 2.20. The van der Waals surface area contributed by atoms with E-state index >= 15 is 0 Å². The fraction of sp³-hybridized carbons (Fsp3) is 0.565. The summed E-state index contributed by atoms with van der Waals surface area (Å²) in [7, 11) is 1.79. The van der Waals surface area contributed by atoms with Gasteiger partial charge in [-0.2, -0.15) is 10.4 Å². The first kappa shape index (κ1) is 22.0. The summed E-state index contributed by atoms with van der Waals surface area (Å²) >= 11 is 0. The summed E-state index contributed by atoms with van der Waals surface area (Å²) in [4.78, 5) is 2.54. The molecular weight excluding hydrogens is 376 g/mol. The fourth-order valence-corrected chi connectivity index (χ4v) is 3.94. The van der Waals surface area contributed by atoms with Gasteiger partial charge in [0.05, 0.1) is 6.61 Å². The second-order valence-corrected chi connectivity index (χ2v) is 8.02. The van der Waals surface area contributed by atoms with Crippen LogP contribution in [0.25, 0.3) is 0 Å². The number of piperidine rings is 1. The van der Waals surface area contributed by atoms with Gasteiger partial charge in [-0.25, -0.2) is 4.68 Å². The van der Waals surface area contributed by atoms with E-state index in [1.54, 1.807) is 11.7 Å². The molecule has 0 spiro atoms. The molecule has 1 aliphatic heterocycles. The SMILES string of the molecule is Cn1nc(N)c(C#N)c1NCCCCCCOc1cccc(CN2CCCCC2)c1. The minimum absolute atomic E-state index is 0.277. The van der Waals surface area contributed by atoms with Crippen LogP contribution in [0.1, 0.15) is 56.1 Å². The minimum atomic E-state index is 0.277. The molecule has 7 heteroatoms. The number of anilines is 2. The zero-order chi connectivity index (χ0) is 21.2. The first-order chi connectivity index (χ1) is 14.7. The van der Waals surface area contributed by atoms with Crippen molar-refractivity contribution in [3.8, 4) is 11.8 Å². The molecule has 0 saturated carbocycles. The zero-order valence-corrected chi connectivity index (χ0v) is 18.1. The van der Waals surface area contributed by atoms with Crippen LogP contribution in [-0.2, 0) is 13.6 Å². The minimum Gasteiger partial charge on any atom is -0.494 e. The Kier molecular flexibility index (Phi) is 8.40. The van der Waals surface area contributed by atoms with E-state index in [9.17, 15) is 0 Å². The summed E-state index contributed by atoms with van der Waals surface area (Å²) in [6.45, 7) is 5.00. The second kappa shape index (κ2) is 11.5. The van der Waals surface area contributed by atoms with Gasteiger partial charge in [-0.3, -0.25) is 4.90 Å². The van der Waals surface area contributed by atoms with Gasteiger partial charge in [-0.05, 0) is 56.5 Å². The maximum Gasteiger partial charge on any atom is 0.165 e. The number of nitrogens with one attached hydrogen (secondary N) is 1. The Balaban J connectivity index is 1.28. The molecule has 1 aromatic carbocycles. The average Bonchev–Trinajstić information content (AvgIpc) is 3.03. The lowest BCUT2D eigenvalue weighted by Crippen LogP contribution is -2.29. The standard InChI is InChI=1S/C23H34N6O/c1-28-23(21(17-24)22(25)27-28)26-12-5-2-3-8-15-30-20-11-9-10-19(16-20)18-29-13-6-4-7-14-29/h9-11,16,26H,2-8,12-15,18H2,1H3,(H2,25,27). The molecule has 1 aliphatic rings. The lowest BCUT2D eigenvalue weighted by molar-refractivity contribution is 0.220. The molecule has 0 unspecified atom stereocenters. The van der Waals surface area contributed by atoms with Crippen LogP contribution in [0.2, 0.25) is 0 Å². The predicted octanol–water partition coefficient (Wildman–Crippen LogP) is 3.91. The highest BCUT2D eigenvalue weighted by atomic mass is 16.5. The van der Waals surface area contributed by atoms with Crippen LogP contribution in [0.15, 0.2) is 24.3 Å². The number of nitrogen functional groups attached to an aromatic ring is 1. The van der Waals surface area contributed by atoms with Crippen LogP contribution in [-0.4, -0.2) is 40.9 Å². The third-order valence-electron chi connectivity index (χ3n) is 5.57. The van der Waals surface area contributed by atoms with Gasteiger partial charge in [0.15, 0.2) is 5.82 Å². The highest BCUT2D eigenvalue weighted by molar-refractivity contribution is 5.63. The van der Waals surface area contributed by atoms with Crippen LogP contribution in [0, 0.1) is 11.3 Å². The van der Waals surface area contributed by atoms with Crippen LogP contribution in [0.4, 0.5) is 11.6 Å². The van der Waals surface area contributed by atoms with E-state index in [2.05, 4.69) is 45.7 Å². The highest BCUT2D eigenvalue weighted by Gasteiger charge is 2.13. The lowest BCUT2D eigenvalue weighted by atomic mass is 10.1. The number of benzene rings is 1. The summed E-state index contributed by atoms with van der Waals surface area (Å²) in [5, 5.41) is 16.5. The van der Waals surface area contributed by atoms with Crippen molar-refractivity contribution >= 4 is 11.6 Å². The van der Waals surface area contributed by atoms with E-state index in [0.29, 0.717) is 11.4 Å². The zero-order valence-electron chi connectivity index (χ0n) is 18.1. The van der Waals surface area contributed by atoms with E-state index in [1.165, 1.54) is 37.9 Å². The van der Waals surface area contributed by atoms with Crippen molar-refractivity contribution in [3.63, 3.8) is 0 Å². The van der Waals surface area contributed by atoms with Crippen molar-refractivity contribution in [1.29, 1.82) is 5.26 Å². The maximum atomic E-state index is 9.17. The molecule has 1 aromatic heterocycles. The molecule has 7 nitrogen and oxygen atoms in total. The molecule has 162 valence electrons. The predicted molar refractivity (Wildman–Crippen MR) is 120 cm³/mol. The number of unbranched alkanes of at least 4 members (excludes halogenated alkanes) is 3. The van der Waals surface area contributed by atoms with Crippen molar-refractivity contribution in [2.75, 3.05) is 37.3 Å². The number of rotatable bonds is 11. The van der Waals surface area contributed by atoms with E-state index in [4.69, 9.17) is 15.7 Å². The van der Waals surface area contributed by atoms with Gasteiger partial charge in [0.2, 0.25) is 0 Å². The Labute approximate surface area is 179 Å². The number of hydrogen-bond acceptors (Lipinski definition) is 6. The summed E-state index contributed by atoms with van der Waals surface area (Å²) in [6.07, 6.45) is 8.31. The summed E-state index contributed by atoms with van der Waals surface area (Å²) in [6, 6.07) is 10.6. The maximum absolute atomic E-state index is 9.17. The molecule has 2 heterocycles. The van der Waals surface area contributed by atoms with Gasteiger partial charge in [-0.15, -0.1) is 0 Å². The molecular formula is C23H34N6O. The molecule has 0 amide bonds. The number of nitriles is 1. The molecule has 0 aliphatic carbocycles. The molecule has 0 radical (unpaired) electrons. The number of hydrogen-bond donors (Lipinski definition) is 2. The summed E-state index contributed by atoms with van der Waals surface area (Å²) in [5.74, 6) is 1.95. The molecule has 3 N–H and O–H groups in total. The number of likely N-dealkylation sites (tertiary alicyclic amines) is 1. The third kappa shape index (κ3) is 6.39. The quantitative estimate of drug-likeness (QED) is 0.546. The summed E-state index contributed by atoms with van der Waals surface area (Å²) in [5.41, 5.74) is 7.50. The van der Waals surface area contributed by atoms with Crippen LogP contribution < -0.4 is 15.8 Å². The Morgan fingerprint density at radius 1 is 1.17 bits per heavy atom. The Morgan fingerprint density at radius 3 is 2.77 bits per heavy atom. The Bertz CT molecular complexity index is 835. The molecule has 0 bridgehead atoms. The fourth-order valence-electron chi connectivity index (χ4n) is 3.94. The van der Waals surface area contributed by atoms with Crippen LogP contribution in [0.3, 0.4) is 0 Å². The topological polar surface area (TPSA) is 92.1 Å². The van der Waals surface area contributed by atoms with Gasteiger partial charge in [0.1, 0.15) is 23.2 Å². The molecule has 1 fully saturated rings. The monoisotopic (exact) mass is 410 g/mol. The van der Waals surface area contributed by atoms with Crippen LogP contribution >= 0.6 is 0 Å². The van der Waals surface area contributed by atoms with E-state index in [-0.39, 0.29) is 5.82 Å². The molecule has 3 rings (SSSR count). The normalized spacial score (nSPS) is 14.4. The van der Waals surface area contributed by atoms with Crippen LogP contribution in [0.5, 0.6) is 5.75 Å². The van der Waals surface area contributed by atoms with E-state index in [1.807, 2.05) is 0 Å². The average molecular weight is 411 g/mol. The number of aromatic nitrogens is 2.